The fourth-order valence-electron chi connectivity index (χ4n) is 6.77. The van der Waals surface area contributed by atoms with Gasteiger partial charge >= 0.3 is 0 Å². The van der Waals surface area contributed by atoms with E-state index in [1.807, 2.05) is 6.92 Å². The van der Waals surface area contributed by atoms with Gasteiger partial charge in [-0.15, -0.1) is 0 Å². The second kappa shape index (κ2) is 6.49. The first-order chi connectivity index (χ1) is 12.0. The van der Waals surface area contributed by atoms with Gasteiger partial charge in [0.15, 0.2) is 0 Å². The van der Waals surface area contributed by atoms with E-state index in [9.17, 15) is 4.79 Å². The molecule has 25 heavy (non-hydrogen) atoms. The van der Waals surface area contributed by atoms with Crippen molar-refractivity contribution in [2.75, 3.05) is 13.4 Å². The Kier molecular flexibility index (Phi) is 4.60. The number of ether oxygens (including phenoxy) is 2. The highest BCUT2D eigenvalue weighted by Crippen LogP contribution is 2.64. The van der Waals surface area contributed by atoms with Gasteiger partial charge in [0.05, 0.1) is 6.10 Å². The molecule has 3 saturated carbocycles. The molecule has 3 heteroatoms. The molecule has 1 unspecified atom stereocenters. The second-order valence-electron chi connectivity index (χ2n) is 9.32. The minimum absolute atomic E-state index is 0.0132. The van der Waals surface area contributed by atoms with Crippen LogP contribution in [-0.2, 0) is 14.3 Å². The van der Waals surface area contributed by atoms with Crippen LogP contribution in [0, 0.1) is 28.6 Å². The van der Waals surface area contributed by atoms with E-state index in [-0.39, 0.29) is 5.41 Å². The molecule has 0 aromatic rings. The molecule has 3 nitrogen and oxygen atoms in total. The molecule has 4 aliphatic carbocycles. The normalized spacial score (nSPS) is 46.2. The van der Waals surface area contributed by atoms with Crippen LogP contribution in [-0.4, -0.2) is 25.3 Å². The molecule has 0 N–H and O–H groups in total. The number of carbonyl (C=O) groups excluding carboxylic acids is 1. The maximum atomic E-state index is 12.5. The fourth-order valence-corrected chi connectivity index (χ4v) is 6.77. The van der Waals surface area contributed by atoms with Gasteiger partial charge in [0.2, 0.25) is 0 Å². The van der Waals surface area contributed by atoms with Crippen molar-refractivity contribution in [3.8, 4) is 0 Å². The number of Topliss-reactive ketones (excluding diaryl/α,β-unsaturated/α-hetero) is 1. The van der Waals surface area contributed by atoms with Gasteiger partial charge in [-0.1, -0.05) is 25.5 Å². The van der Waals surface area contributed by atoms with Gasteiger partial charge in [-0.25, -0.2) is 0 Å². The number of hydrogen-bond acceptors (Lipinski definition) is 3. The zero-order chi connectivity index (χ0) is 17.7. The van der Waals surface area contributed by atoms with E-state index in [4.69, 9.17) is 9.47 Å². The standard InChI is InChI=1S/C22H34O3/c1-4-24-14-25-16-9-11-21(2)15(13-16)5-6-17-18-7-8-20(23)22(18,3)12-10-19(17)21/h5,16-19H,4,6-14H2,1-3H3/t16?,17-,18-,19+,21-,22-/m0/s1. The summed E-state index contributed by atoms with van der Waals surface area (Å²) in [7, 11) is 0. The van der Waals surface area contributed by atoms with Gasteiger partial charge in [-0.2, -0.15) is 0 Å². The molecule has 140 valence electrons. The highest BCUT2D eigenvalue weighted by molar-refractivity contribution is 5.87. The summed E-state index contributed by atoms with van der Waals surface area (Å²) < 4.78 is 11.3. The van der Waals surface area contributed by atoms with Crippen molar-refractivity contribution < 1.29 is 14.3 Å². The minimum atomic E-state index is -0.0132. The Morgan fingerprint density at radius 3 is 2.68 bits per heavy atom. The van der Waals surface area contributed by atoms with E-state index in [1.165, 1.54) is 19.3 Å². The van der Waals surface area contributed by atoms with E-state index in [0.29, 0.717) is 30.0 Å². The zero-order valence-electron chi connectivity index (χ0n) is 16.2. The number of hydrogen-bond donors (Lipinski definition) is 0. The molecule has 0 bridgehead atoms. The summed E-state index contributed by atoms with van der Waals surface area (Å²) >= 11 is 0. The van der Waals surface area contributed by atoms with E-state index >= 15 is 0 Å². The quantitative estimate of drug-likeness (QED) is 0.413. The summed E-state index contributed by atoms with van der Waals surface area (Å²) in [4.78, 5) is 12.5. The molecule has 0 saturated heterocycles. The maximum Gasteiger partial charge on any atom is 0.147 e. The monoisotopic (exact) mass is 346 g/mol. The van der Waals surface area contributed by atoms with Crippen molar-refractivity contribution in [2.45, 2.75) is 78.2 Å². The van der Waals surface area contributed by atoms with Gasteiger partial charge in [0.25, 0.3) is 0 Å². The third-order valence-corrected chi connectivity index (χ3v) is 8.36. The van der Waals surface area contributed by atoms with Crippen molar-refractivity contribution >= 4 is 5.78 Å². The maximum absolute atomic E-state index is 12.5. The summed E-state index contributed by atoms with van der Waals surface area (Å²) in [6.45, 7) is 7.93. The fraction of sp³-hybridized carbons (Fsp3) is 0.864. The van der Waals surface area contributed by atoms with Gasteiger partial charge in [0, 0.05) is 18.4 Å². The van der Waals surface area contributed by atoms with E-state index in [0.717, 1.165) is 50.5 Å². The zero-order valence-corrected chi connectivity index (χ0v) is 16.2. The molecule has 4 aliphatic rings. The lowest BCUT2D eigenvalue weighted by Crippen LogP contribution is -2.50. The van der Waals surface area contributed by atoms with Crippen LogP contribution < -0.4 is 0 Å². The largest absolute Gasteiger partial charge is 0.356 e. The Balaban J connectivity index is 1.51. The SMILES string of the molecule is CCOCOC1CC[C@@]2(C)C(=CC[C@@H]3[C@H]2CC[C@]2(C)C(=O)CC[C@@H]32)C1. The first-order valence-electron chi connectivity index (χ1n) is 10.4. The number of allylic oxidation sites excluding steroid dienone is 1. The number of fused-ring (bicyclic) bond motifs is 5. The van der Waals surface area contributed by atoms with Crippen LogP contribution in [0.1, 0.15) is 72.1 Å². The average molecular weight is 347 g/mol. The topological polar surface area (TPSA) is 35.5 Å². The third-order valence-electron chi connectivity index (χ3n) is 8.36. The van der Waals surface area contributed by atoms with Gasteiger partial charge in [-0.05, 0) is 75.0 Å². The molecule has 0 heterocycles. The molecule has 0 amide bonds. The van der Waals surface area contributed by atoms with Crippen LogP contribution in [0.25, 0.3) is 0 Å². The molecule has 0 aliphatic heterocycles. The third kappa shape index (κ3) is 2.73. The van der Waals surface area contributed by atoms with Crippen molar-refractivity contribution in [3.05, 3.63) is 11.6 Å². The molecule has 3 fully saturated rings. The molecule has 0 radical (unpaired) electrons. The van der Waals surface area contributed by atoms with Crippen molar-refractivity contribution in [1.29, 1.82) is 0 Å². The first-order valence-corrected chi connectivity index (χ1v) is 10.4. The summed E-state index contributed by atoms with van der Waals surface area (Å²) in [6, 6.07) is 0. The molecular weight excluding hydrogens is 312 g/mol. The molecule has 6 atom stereocenters. The molecule has 0 spiro atoms. The highest BCUT2D eigenvalue weighted by atomic mass is 16.7. The van der Waals surface area contributed by atoms with E-state index in [1.54, 1.807) is 5.57 Å². The lowest BCUT2D eigenvalue weighted by molar-refractivity contribution is -0.132. The van der Waals surface area contributed by atoms with Crippen LogP contribution in [0.2, 0.25) is 0 Å². The molecule has 0 aromatic carbocycles. The van der Waals surface area contributed by atoms with Crippen LogP contribution >= 0.6 is 0 Å². The van der Waals surface area contributed by atoms with Crippen LogP contribution in [0.15, 0.2) is 11.6 Å². The predicted molar refractivity (Wildman–Crippen MR) is 98.1 cm³/mol. The predicted octanol–water partition coefficient (Wildman–Crippen LogP) is 4.90. The van der Waals surface area contributed by atoms with Crippen molar-refractivity contribution in [3.63, 3.8) is 0 Å². The Morgan fingerprint density at radius 1 is 1.12 bits per heavy atom. The van der Waals surface area contributed by atoms with Gasteiger partial charge in [-0.3, -0.25) is 4.79 Å². The van der Waals surface area contributed by atoms with Crippen molar-refractivity contribution in [1.82, 2.24) is 0 Å². The Hall–Kier alpha value is -0.670. The van der Waals surface area contributed by atoms with Crippen LogP contribution in [0.5, 0.6) is 0 Å². The highest BCUT2D eigenvalue weighted by Gasteiger charge is 2.58. The first kappa shape index (κ1) is 17.7. The number of carbonyl (C=O) groups is 1. The Morgan fingerprint density at radius 2 is 1.88 bits per heavy atom. The van der Waals surface area contributed by atoms with E-state index < -0.39 is 0 Å². The van der Waals surface area contributed by atoms with E-state index in [2.05, 4.69) is 19.9 Å². The Labute approximate surface area is 152 Å². The lowest BCUT2D eigenvalue weighted by Gasteiger charge is -2.57. The lowest BCUT2D eigenvalue weighted by atomic mass is 9.48. The molecular formula is C22H34O3. The Bertz CT molecular complexity index is 568. The number of rotatable bonds is 4. The van der Waals surface area contributed by atoms with Gasteiger partial charge in [0.1, 0.15) is 12.6 Å². The van der Waals surface area contributed by atoms with Crippen LogP contribution in [0.4, 0.5) is 0 Å². The average Bonchev–Trinajstić information content (AvgIpc) is 2.90. The summed E-state index contributed by atoms with van der Waals surface area (Å²) in [6.07, 6.45) is 11.8. The molecule has 0 aromatic heterocycles. The minimum Gasteiger partial charge on any atom is -0.356 e. The molecule has 4 rings (SSSR count). The summed E-state index contributed by atoms with van der Waals surface area (Å²) in [5.41, 5.74) is 1.96. The van der Waals surface area contributed by atoms with Gasteiger partial charge < -0.3 is 9.47 Å². The van der Waals surface area contributed by atoms with Crippen molar-refractivity contribution in [2.24, 2.45) is 28.6 Å². The summed E-state index contributed by atoms with van der Waals surface area (Å²) in [5.74, 6) is 2.66. The second-order valence-corrected chi connectivity index (χ2v) is 9.32. The number of ketones is 1. The smallest absolute Gasteiger partial charge is 0.147 e. The summed E-state index contributed by atoms with van der Waals surface area (Å²) in [5, 5.41) is 0. The van der Waals surface area contributed by atoms with Crippen LogP contribution in [0.3, 0.4) is 0 Å².